The van der Waals surface area contributed by atoms with Gasteiger partial charge in [-0.2, -0.15) is 5.10 Å². The number of carbonyl (C=O) groups is 2. The lowest BCUT2D eigenvalue weighted by Crippen LogP contribution is -2.50. The lowest BCUT2D eigenvalue weighted by molar-refractivity contribution is -0.132. The van der Waals surface area contributed by atoms with Crippen molar-refractivity contribution in [1.82, 2.24) is 20.0 Å². The zero-order valence-corrected chi connectivity index (χ0v) is 13.2. The molecule has 22 heavy (non-hydrogen) atoms. The fraction of sp³-hybridized carbons (Fsp3) is 0.667. The van der Waals surface area contributed by atoms with E-state index in [2.05, 4.69) is 10.2 Å². The van der Waals surface area contributed by atoms with Gasteiger partial charge in [-0.3, -0.25) is 9.89 Å². The zero-order valence-electron chi connectivity index (χ0n) is 13.2. The summed E-state index contributed by atoms with van der Waals surface area (Å²) in [5.74, 6) is 0.450. The van der Waals surface area contributed by atoms with E-state index in [4.69, 9.17) is 4.74 Å². The Balaban J connectivity index is 1.69. The van der Waals surface area contributed by atoms with Gasteiger partial charge in [-0.05, 0) is 17.9 Å². The van der Waals surface area contributed by atoms with E-state index in [0.717, 1.165) is 5.56 Å². The van der Waals surface area contributed by atoms with Crippen LogP contribution < -0.4 is 0 Å². The summed E-state index contributed by atoms with van der Waals surface area (Å²) < 4.78 is 5.21. The molecule has 0 unspecified atom stereocenters. The Bertz CT molecular complexity index is 479. The van der Waals surface area contributed by atoms with Crippen LogP contribution in [0.1, 0.15) is 25.8 Å². The standard InChI is InChI=1S/C15H24N4O3/c1-12(2)11-22-15(21)19-7-5-18(6-8-19)14(20)4-3-13-9-16-17-10-13/h9-10,12H,3-8,11H2,1-2H3,(H,16,17). The van der Waals surface area contributed by atoms with Gasteiger partial charge in [0.1, 0.15) is 0 Å². The quantitative estimate of drug-likeness (QED) is 0.889. The first-order valence-corrected chi connectivity index (χ1v) is 7.73. The molecule has 1 aromatic heterocycles. The molecule has 1 saturated heterocycles. The highest BCUT2D eigenvalue weighted by molar-refractivity contribution is 5.77. The summed E-state index contributed by atoms with van der Waals surface area (Å²) in [7, 11) is 0. The predicted octanol–water partition coefficient (Wildman–Crippen LogP) is 1.28. The fourth-order valence-corrected chi connectivity index (χ4v) is 2.29. The van der Waals surface area contributed by atoms with Gasteiger partial charge in [0, 0.05) is 38.8 Å². The summed E-state index contributed by atoms with van der Waals surface area (Å²) >= 11 is 0. The summed E-state index contributed by atoms with van der Waals surface area (Å²) in [5.41, 5.74) is 1.03. The van der Waals surface area contributed by atoms with Crippen LogP contribution in [0.4, 0.5) is 4.79 Å². The van der Waals surface area contributed by atoms with Crippen molar-refractivity contribution in [3.63, 3.8) is 0 Å². The topological polar surface area (TPSA) is 78.5 Å². The second-order valence-corrected chi connectivity index (χ2v) is 5.95. The van der Waals surface area contributed by atoms with E-state index in [0.29, 0.717) is 51.5 Å². The molecule has 2 rings (SSSR count). The smallest absolute Gasteiger partial charge is 0.409 e. The number of amides is 2. The number of aromatic nitrogens is 2. The van der Waals surface area contributed by atoms with Crippen molar-refractivity contribution in [2.75, 3.05) is 32.8 Å². The Morgan fingerprint density at radius 1 is 1.27 bits per heavy atom. The second kappa shape index (κ2) is 7.82. The normalized spacial score (nSPS) is 15.2. The molecule has 0 spiro atoms. The number of rotatable bonds is 5. The van der Waals surface area contributed by atoms with Gasteiger partial charge < -0.3 is 14.5 Å². The van der Waals surface area contributed by atoms with E-state index in [1.54, 1.807) is 17.3 Å². The number of nitrogens with zero attached hydrogens (tertiary/aromatic N) is 3. The Hall–Kier alpha value is -2.05. The van der Waals surface area contributed by atoms with Crippen LogP contribution in [0.3, 0.4) is 0 Å². The molecule has 122 valence electrons. The number of ether oxygens (including phenoxy) is 1. The Morgan fingerprint density at radius 3 is 2.55 bits per heavy atom. The predicted molar refractivity (Wildman–Crippen MR) is 81.2 cm³/mol. The van der Waals surface area contributed by atoms with Gasteiger partial charge in [-0.1, -0.05) is 13.8 Å². The maximum Gasteiger partial charge on any atom is 0.409 e. The van der Waals surface area contributed by atoms with Gasteiger partial charge in [-0.15, -0.1) is 0 Å². The lowest BCUT2D eigenvalue weighted by Gasteiger charge is -2.34. The summed E-state index contributed by atoms with van der Waals surface area (Å²) in [4.78, 5) is 27.5. The SMILES string of the molecule is CC(C)COC(=O)N1CCN(C(=O)CCc2cn[nH]c2)CC1. The van der Waals surface area contributed by atoms with E-state index in [1.165, 1.54) is 0 Å². The number of hydrogen-bond donors (Lipinski definition) is 1. The third kappa shape index (κ3) is 4.75. The summed E-state index contributed by atoms with van der Waals surface area (Å²) in [6.07, 6.45) is 4.41. The summed E-state index contributed by atoms with van der Waals surface area (Å²) in [5, 5.41) is 6.60. The largest absolute Gasteiger partial charge is 0.449 e. The highest BCUT2D eigenvalue weighted by Crippen LogP contribution is 2.08. The van der Waals surface area contributed by atoms with Crippen molar-refractivity contribution in [1.29, 1.82) is 0 Å². The molecular weight excluding hydrogens is 284 g/mol. The number of nitrogens with one attached hydrogen (secondary N) is 1. The first-order valence-electron chi connectivity index (χ1n) is 7.73. The van der Waals surface area contributed by atoms with E-state index >= 15 is 0 Å². The van der Waals surface area contributed by atoms with Crippen molar-refractivity contribution >= 4 is 12.0 Å². The Morgan fingerprint density at radius 2 is 1.95 bits per heavy atom. The van der Waals surface area contributed by atoms with Crippen LogP contribution in [0.5, 0.6) is 0 Å². The van der Waals surface area contributed by atoms with Gasteiger partial charge >= 0.3 is 6.09 Å². The van der Waals surface area contributed by atoms with Crippen LogP contribution in [0.15, 0.2) is 12.4 Å². The molecule has 7 nitrogen and oxygen atoms in total. The molecular formula is C15H24N4O3. The van der Waals surface area contributed by atoms with Crippen LogP contribution in [0.25, 0.3) is 0 Å². The van der Waals surface area contributed by atoms with Gasteiger partial charge in [0.05, 0.1) is 12.8 Å². The minimum absolute atomic E-state index is 0.122. The molecule has 2 amide bonds. The first kappa shape index (κ1) is 16.3. The highest BCUT2D eigenvalue weighted by atomic mass is 16.6. The van der Waals surface area contributed by atoms with Crippen LogP contribution in [0.2, 0.25) is 0 Å². The van der Waals surface area contributed by atoms with Crippen molar-refractivity contribution in [3.8, 4) is 0 Å². The van der Waals surface area contributed by atoms with Crippen LogP contribution >= 0.6 is 0 Å². The number of aryl methyl sites for hydroxylation is 1. The molecule has 0 radical (unpaired) electrons. The van der Waals surface area contributed by atoms with Crippen LogP contribution in [-0.2, 0) is 16.0 Å². The molecule has 1 fully saturated rings. The molecule has 1 aliphatic rings. The maximum atomic E-state index is 12.1. The number of carbonyl (C=O) groups excluding carboxylic acids is 2. The first-order chi connectivity index (χ1) is 10.6. The number of H-pyrrole nitrogens is 1. The summed E-state index contributed by atoms with van der Waals surface area (Å²) in [6, 6.07) is 0. The fourth-order valence-electron chi connectivity index (χ4n) is 2.29. The molecule has 0 aromatic carbocycles. The van der Waals surface area contributed by atoms with E-state index in [9.17, 15) is 9.59 Å². The average molecular weight is 308 g/mol. The van der Waals surface area contributed by atoms with Crippen molar-refractivity contribution in [3.05, 3.63) is 18.0 Å². The van der Waals surface area contributed by atoms with Crippen molar-refractivity contribution in [2.45, 2.75) is 26.7 Å². The molecule has 0 atom stereocenters. The molecule has 0 saturated carbocycles. The third-order valence-electron chi connectivity index (χ3n) is 3.61. The molecule has 0 aliphatic carbocycles. The molecule has 1 N–H and O–H groups in total. The molecule has 2 heterocycles. The van der Waals surface area contributed by atoms with Crippen molar-refractivity contribution in [2.24, 2.45) is 5.92 Å². The monoisotopic (exact) mass is 308 g/mol. The average Bonchev–Trinajstić information content (AvgIpc) is 3.03. The van der Waals surface area contributed by atoms with Crippen LogP contribution in [-0.4, -0.2) is 64.8 Å². The zero-order chi connectivity index (χ0) is 15.9. The molecule has 1 aliphatic heterocycles. The lowest BCUT2D eigenvalue weighted by atomic mass is 10.2. The van der Waals surface area contributed by atoms with Gasteiger partial charge in [0.15, 0.2) is 0 Å². The van der Waals surface area contributed by atoms with E-state index < -0.39 is 0 Å². The van der Waals surface area contributed by atoms with Crippen molar-refractivity contribution < 1.29 is 14.3 Å². The number of piperazine rings is 1. The van der Waals surface area contributed by atoms with Gasteiger partial charge in [0.25, 0.3) is 0 Å². The minimum atomic E-state index is -0.279. The number of aromatic amines is 1. The highest BCUT2D eigenvalue weighted by Gasteiger charge is 2.24. The minimum Gasteiger partial charge on any atom is -0.449 e. The maximum absolute atomic E-state index is 12.1. The number of hydrogen-bond acceptors (Lipinski definition) is 4. The van der Waals surface area contributed by atoms with E-state index in [-0.39, 0.29) is 12.0 Å². The Kier molecular flexibility index (Phi) is 5.80. The summed E-state index contributed by atoms with van der Waals surface area (Å²) in [6.45, 7) is 6.65. The third-order valence-corrected chi connectivity index (χ3v) is 3.61. The molecule has 1 aromatic rings. The van der Waals surface area contributed by atoms with Crippen LogP contribution in [0, 0.1) is 5.92 Å². The second-order valence-electron chi connectivity index (χ2n) is 5.95. The van der Waals surface area contributed by atoms with Gasteiger partial charge in [-0.25, -0.2) is 4.79 Å². The van der Waals surface area contributed by atoms with E-state index in [1.807, 2.05) is 18.7 Å². The molecule has 0 bridgehead atoms. The Labute approximate surface area is 130 Å². The van der Waals surface area contributed by atoms with Gasteiger partial charge in [0.2, 0.25) is 5.91 Å². The molecule has 7 heteroatoms.